The van der Waals surface area contributed by atoms with E-state index in [4.69, 9.17) is 4.74 Å². The minimum atomic E-state index is -0.106. The van der Waals surface area contributed by atoms with Crippen LogP contribution in [0.3, 0.4) is 0 Å². The molecule has 1 unspecified atom stereocenters. The van der Waals surface area contributed by atoms with E-state index in [1.54, 1.807) is 0 Å². The monoisotopic (exact) mass is 238 g/mol. The van der Waals surface area contributed by atoms with Crippen LogP contribution in [0.2, 0.25) is 0 Å². The maximum atomic E-state index is 11.6. The molecule has 0 heterocycles. The first-order valence-electron chi connectivity index (χ1n) is 6.53. The molecule has 17 heavy (non-hydrogen) atoms. The molecule has 0 radical (unpaired) electrons. The van der Waals surface area contributed by atoms with Gasteiger partial charge in [0.15, 0.2) is 0 Å². The predicted octanol–water partition coefficient (Wildman–Crippen LogP) is 3.81. The second-order valence-corrected chi connectivity index (χ2v) is 6.42. The Labute approximate surface area is 105 Å². The van der Waals surface area contributed by atoms with Crippen molar-refractivity contribution in [2.24, 2.45) is 23.2 Å². The molecule has 0 saturated heterocycles. The molecule has 3 atom stereocenters. The average molecular weight is 238 g/mol. The number of allylic oxidation sites excluding steroid dienone is 1. The number of esters is 1. The van der Waals surface area contributed by atoms with Gasteiger partial charge in [-0.15, -0.1) is 0 Å². The number of ether oxygens (including phenoxy) is 1. The van der Waals surface area contributed by atoms with Gasteiger partial charge in [0.25, 0.3) is 0 Å². The van der Waals surface area contributed by atoms with Crippen LogP contribution in [0, 0.1) is 23.2 Å². The molecule has 1 aliphatic carbocycles. The summed E-state index contributed by atoms with van der Waals surface area (Å²) < 4.78 is 4.83. The highest BCUT2D eigenvalue weighted by Crippen LogP contribution is 2.44. The lowest BCUT2D eigenvalue weighted by molar-refractivity contribution is -0.146. The fraction of sp³-hybridized carbons (Fsp3) is 0.800. The van der Waals surface area contributed by atoms with Crippen molar-refractivity contribution in [1.82, 2.24) is 0 Å². The summed E-state index contributed by atoms with van der Waals surface area (Å²) in [5.74, 6) is 0.843. The van der Waals surface area contributed by atoms with Crippen LogP contribution in [0.1, 0.15) is 47.0 Å². The van der Waals surface area contributed by atoms with Gasteiger partial charge in [-0.05, 0) is 36.5 Å². The van der Waals surface area contributed by atoms with Gasteiger partial charge in [0.05, 0.1) is 13.0 Å². The molecule has 0 aromatic carbocycles. The normalized spacial score (nSPS) is 27.7. The summed E-state index contributed by atoms with van der Waals surface area (Å²) in [5.41, 5.74) is 1.57. The van der Waals surface area contributed by atoms with Crippen molar-refractivity contribution in [1.29, 1.82) is 0 Å². The standard InChI is InChI=1S/C15H26O2/c1-10-9-12(15(3,4)5)7-8-13(10)11(2)14(16)17-6/h11-13H,1,7-9H2,2-6H3/t11?,12-,13-/m0/s1. The van der Waals surface area contributed by atoms with E-state index in [9.17, 15) is 4.79 Å². The Bertz CT molecular complexity index is 299. The molecule has 0 N–H and O–H groups in total. The van der Waals surface area contributed by atoms with Gasteiger partial charge in [-0.1, -0.05) is 39.8 Å². The topological polar surface area (TPSA) is 26.3 Å². The molecule has 98 valence electrons. The summed E-state index contributed by atoms with van der Waals surface area (Å²) >= 11 is 0. The zero-order valence-corrected chi connectivity index (χ0v) is 11.9. The highest BCUT2D eigenvalue weighted by molar-refractivity contribution is 5.72. The largest absolute Gasteiger partial charge is 0.469 e. The van der Waals surface area contributed by atoms with Crippen molar-refractivity contribution in [3.05, 3.63) is 12.2 Å². The molecule has 1 aliphatic rings. The molecule has 0 amide bonds. The van der Waals surface area contributed by atoms with Crippen LogP contribution >= 0.6 is 0 Å². The average Bonchev–Trinajstić information content (AvgIpc) is 2.25. The Morgan fingerprint density at radius 3 is 2.41 bits per heavy atom. The molecular formula is C15H26O2. The zero-order valence-electron chi connectivity index (χ0n) is 11.9. The summed E-state index contributed by atoms with van der Waals surface area (Å²) in [6, 6.07) is 0. The van der Waals surface area contributed by atoms with Gasteiger partial charge in [-0.3, -0.25) is 4.79 Å². The quantitative estimate of drug-likeness (QED) is 0.540. The van der Waals surface area contributed by atoms with E-state index in [0.29, 0.717) is 17.3 Å². The van der Waals surface area contributed by atoms with E-state index in [2.05, 4.69) is 27.4 Å². The van der Waals surface area contributed by atoms with Gasteiger partial charge < -0.3 is 4.74 Å². The van der Waals surface area contributed by atoms with Crippen LogP contribution in [0.4, 0.5) is 0 Å². The van der Waals surface area contributed by atoms with Gasteiger partial charge >= 0.3 is 5.97 Å². The Morgan fingerprint density at radius 1 is 1.41 bits per heavy atom. The first-order valence-corrected chi connectivity index (χ1v) is 6.53. The van der Waals surface area contributed by atoms with Crippen LogP contribution in [-0.4, -0.2) is 13.1 Å². The highest BCUT2D eigenvalue weighted by atomic mass is 16.5. The Balaban J connectivity index is 2.66. The summed E-state index contributed by atoms with van der Waals surface area (Å²) in [4.78, 5) is 11.6. The number of carbonyl (C=O) groups is 1. The minimum absolute atomic E-state index is 0.0478. The fourth-order valence-electron chi connectivity index (χ4n) is 2.85. The number of rotatable bonds is 2. The molecular weight excluding hydrogens is 212 g/mol. The van der Waals surface area contributed by atoms with Crippen molar-refractivity contribution in [3.63, 3.8) is 0 Å². The maximum absolute atomic E-state index is 11.6. The zero-order chi connectivity index (χ0) is 13.2. The van der Waals surface area contributed by atoms with Gasteiger partial charge in [0.1, 0.15) is 0 Å². The second-order valence-electron chi connectivity index (χ2n) is 6.42. The fourth-order valence-corrected chi connectivity index (χ4v) is 2.85. The number of carbonyl (C=O) groups excluding carboxylic acids is 1. The number of hydrogen-bond donors (Lipinski definition) is 0. The van der Waals surface area contributed by atoms with Crippen LogP contribution < -0.4 is 0 Å². The van der Waals surface area contributed by atoms with E-state index in [0.717, 1.165) is 12.8 Å². The first kappa shape index (κ1) is 14.3. The summed E-state index contributed by atoms with van der Waals surface area (Å²) in [6.45, 7) is 13.0. The molecule has 2 heteroatoms. The van der Waals surface area contributed by atoms with Gasteiger partial charge in [0.2, 0.25) is 0 Å². The van der Waals surface area contributed by atoms with E-state index >= 15 is 0 Å². The third-order valence-corrected chi connectivity index (χ3v) is 4.26. The summed E-state index contributed by atoms with van der Waals surface area (Å²) in [5, 5.41) is 0. The van der Waals surface area contributed by atoms with E-state index in [1.807, 2.05) is 6.92 Å². The third-order valence-electron chi connectivity index (χ3n) is 4.26. The predicted molar refractivity (Wildman–Crippen MR) is 70.6 cm³/mol. The lowest BCUT2D eigenvalue weighted by atomic mass is 9.66. The lowest BCUT2D eigenvalue weighted by Gasteiger charge is -2.39. The van der Waals surface area contributed by atoms with E-state index in [1.165, 1.54) is 19.1 Å². The molecule has 0 spiro atoms. The van der Waals surface area contributed by atoms with Gasteiger partial charge in [-0.25, -0.2) is 0 Å². The Morgan fingerprint density at radius 2 is 2.00 bits per heavy atom. The number of hydrogen-bond acceptors (Lipinski definition) is 2. The minimum Gasteiger partial charge on any atom is -0.469 e. The van der Waals surface area contributed by atoms with Crippen LogP contribution in [-0.2, 0) is 9.53 Å². The Kier molecular flexibility index (Phi) is 4.40. The van der Waals surface area contributed by atoms with Crippen molar-refractivity contribution < 1.29 is 9.53 Å². The Hall–Kier alpha value is -0.790. The van der Waals surface area contributed by atoms with Gasteiger partial charge in [-0.2, -0.15) is 0 Å². The van der Waals surface area contributed by atoms with Crippen molar-refractivity contribution in [2.75, 3.05) is 7.11 Å². The summed E-state index contributed by atoms with van der Waals surface area (Å²) in [7, 11) is 1.46. The molecule has 1 rings (SSSR count). The third kappa shape index (κ3) is 3.34. The van der Waals surface area contributed by atoms with Crippen LogP contribution in [0.25, 0.3) is 0 Å². The maximum Gasteiger partial charge on any atom is 0.308 e. The molecule has 2 nitrogen and oxygen atoms in total. The SMILES string of the molecule is C=C1C[C@@H](C(C)(C)C)CC[C@@H]1C(C)C(=O)OC. The molecule has 0 aromatic rings. The van der Waals surface area contributed by atoms with Crippen molar-refractivity contribution in [3.8, 4) is 0 Å². The first-order chi connectivity index (χ1) is 7.77. The molecule has 1 fully saturated rings. The van der Waals surface area contributed by atoms with Crippen LogP contribution in [0.15, 0.2) is 12.2 Å². The van der Waals surface area contributed by atoms with Crippen LogP contribution in [0.5, 0.6) is 0 Å². The van der Waals surface area contributed by atoms with Gasteiger partial charge in [0, 0.05) is 0 Å². The smallest absolute Gasteiger partial charge is 0.308 e. The second kappa shape index (κ2) is 5.24. The molecule has 0 bridgehead atoms. The molecule has 0 aliphatic heterocycles. The van der Waals surface area contributed by atoms with Crippen molar-refractivity contribution in [2.45, 2.75) is 47.0 Å². The molecule has 1 saturated carbocycles. The lowest BCUT2D eigenvalue weighted by Crippen LogP contribution is -2.32. The van der Waals surface area contributed by atoms with E-state index in [-0.39, 0.29) is 11.9 Å². The number of methoxy groups -OCH3 is 1. The van der Waals surface area contributed by atoms with E-state index < -0.39 is 0 Å². The van der Waals surface area contributed by atoms with Crippen molar-refractivity contribution >= 4 is 5.97 Å². The molecule has 0 aromatic heterocycles. The summed E-state index contributed by atoms with van der Waals surface area (Å²) in [6.07, 6.45) is 3.31. The highest BCUT2D eigenvalue weighted by Gasteiger charge is 2.35.